The fourth-order valence-electron chi connectivity index (χ4n) is 1.00. The number of alkyl halides is 2. The summed E-state index contributed by atoms with van der Waals surface area (Å²) < 4.78 is 26.2. The lowest BCUT2D eigenvalue weighted by Gasteiger charge is -2.12. The van der Waals surface area contributed by atoms with Crippen molar-refractivity contribution in [3.63, 3.8) is 0 Å². The van der Waals surface area contributed by atoms with E-state index >= 15 is 0 Å². The van der Waals surface area contributed by atoms with Gasteiger partial charge in [0.2, 0.25) is 5.78 Å². The summed E-state index contributed by atoms with van der Waals surface area (Å²) in [6, 6.07) is 7.61. The fraction of sp³-hybridized carbons (Fsp3) is 0.300. The van der Waals surface area contributed by atoms with E-state index in [4.69, 9.17) is 0 Å². The van der Waals surface area contributed by atoms with Gasteiger partial charge in [0, 0.05) is 5.56 Å². The highest BCUT2D eigenvalue weighted by Crippen LogP contribution is 2.32. The molecule has 0 saturated heterocycles. The van der Waals surface area contributed by atoms with E-state index in [9.17, 15) is 13.6 Å². The molecule has 1 nitrogen and oxygen atoms in total. The van der Waals surface area contributed by atoms with Gasteiger partial charge in [-0.15, -0.1) is 0 Å². The molecule has 0 bridgehead atoms. The van der Waals surface area contributed by atoms with Gasteiger partial charge in [-0.25, -0.2) is 0 Å². The Morgan fingerprint density at radius 3 is 2.43 bits per heavy atom. The number of Topliss-reactive ketones (excluding diaryl/α,β-unsaturated/α-hetero) is 1. The zero-order chi connectivity index (χ0) is 10.6. The van der Waals surface area contributed by atoms with Crippen LogP contribution in [-0.4, -0.2) is 16.8 Å². The van der Waals surface area contributed by atoms with Crippen LogP contribution in [0.15, 0.2) is 30.3 Å². The van der Waals surface area contributed by atoms with Gasteiger partial charge in [0.25, 0.3) is 0 Å². The summed E-state index contributed by atoms with van der Waals surface area (Å²) >= 11 is 0.354. The first kappa shape index (κ1) is 11.2. The number of halogens is 2. The van der Waals surface area contributed by atoms with Crippen molar-refractivity contribution < 1.29 is 13.6 Å². The number of benzene rings is 1. The van der Waals surface area contributed by atoms with Crippen molar-refractivity contribution in [2.24, 2.45) is 0 Å². The summed E-state index contributed by atoms with van der Waals surface area (Å²) in [6.45, 7) is 1.59. The van der Waals surface area contributed by atoms with Gasteiger partial charge < -0.3 is 0 Å². The Morgan fingerprint density at radius 2 is 1.93 bits per heavy atom. The van der Waals surface area contributed by atoms with Crippen LogP contribution in [0, 0.1) is 0 Å². The second-order valence-electron chi connectivity index (χ2n) is 2.64. The quantitative estimate of drug-likeness (QED) is 0.719. The van der Waals surface area contributed by atoms with Gasteiger partial charge in [0.1, 0.15) is 0 Å². The summed E-state index contributed by atoms with van der Waals surface area (Å²) in [5, 5.41) is -3.31. The molecule has 0 N–H and O–H groups in total. The molecule has 76 valence electrons. The molecule has 0 atom stereocenters. The van der Waals surface area contributed by atoms with Crippen LogP contribution in [0.1, 0.15) is 17.3 Å². The first-order chi connectivity index (χ1) is 6.58. The lowest BCUT2D eigenvalue weighted by molar-refractivity contribution is 0.0567. The topological polar surface area (TPSA) is 17.1 Å². The molecule has 0 radical (unpaired) electrons. The van der Waals surface area contributed by atoms with E-state index < -0.39 is 11.0 Å². The zero-order valence-corrected chi connectivity index (χ0v) is 8.48. The molecule has 0 unspecified atom stereocenters. The maximum Gasteiger partial charge on any atom is 0.355 e. The number of rotatable bonds is 4. The van der Waals surface area contributed by atoms with E-state index in [0.29, 0.717) is 11.8 Å². The number of hydrogen-bond acceptors (Lipinski definition) is 2. The molecule has 0 aromatic heterocycles. The van der Waals surface area contributed by atoms with E-state index in [0.717, 1.165) is 0 Å². The molecule has 1 aromatic carbocycles. The molecular formula is C10H10F2OS. The predicted molar refractivity (Wildman–Crippen MR) is 53.9 cm³/mol. The summed E-state index contributed by atoms with van der Waals surface area (Å²) in [7, 11) is 0. The highest BCUT2D eigenvalue weighted by molar-refractivity contribution is 8.01. The summed E-state index contributed by atoms with van der Waals surface area (Å²) in [6.07, 6.45) is 0. The molecule has 4 heteroatoms. The third-order valence-corrected chi connectivity index (χ3v) is 2.46. The minimum absolute atomic E-state index is 0.0541. The lowest BCUT2D eigenvalue weighted by Crippen LogP contribution is -2.24. The Bertz CT molecular complexity index is 311. The number of thioether (sulfide) groups is 1. The average Bonchev–Trinajstić information content (AvgIpc) is 2.18. The average molecular weight is 216 g/mol. The van der Waals surface area contributed by atoms with Crippen LogP contribution in [0.5, 0.6) is 0 Å². The SMILES string of the molecule is CCSC(F)(F)C(=O)c1ccccc1. The number of carbonyl (C=O) groups excluding carboxylic acids is 1. The van der Waals surface area contributed by atoms with Gasteiger partial charge in [0.15, 0.2) is 0 Å². The first-order valence-electron chi connectivity index (χ1n) is 4.19. The second-order valence-corrected chi connectivity index (χ2v) is 4.02. The molecule has 0 saturated carbocycles. The van der Waals surface area contributed by atoms with Gasteiger partial charge in [-0.1, -0.05) is 49.0 Å². The minimum atomic E-state index is -3.31. The van der Waals surface area contributed by atoms with Crippen LogP contribution < -0.4 is 0 Å². The second kappa shape index (κ2) is 4.55. The van der Waals surface area contributed by atoms with E-state index in [1.54, 1.807) is 25.1 Å². The van der Waals surface area contributed by atoms with Crippen LogP contribution in [0.2, 0.25) is 0 Å². The maximum absolute atomic E-state index is 13.1. The molecule has 1 rings (SSSR count). The molecule has 0 aliphatic carbocycles. The van der Waals surface area contributed by atoms with Gasteiger partial charge in [-0.05, 0) is 5.75 Å². The van der Waals surface area contributed by atoms with Crippen molar-refractivity contribution in [1.82, 2.24) is 0 Å². The van der Waals surface area contributed by atoms with Crippen molar-refractivity contribution in [2.45, 2.75) is 12.2 Å². The smallest absolute Gasteiger partial charge is 0.286 e. The highest BCUT2D eigenvalue weighted by Gasteiger charge is 2.38. The molecule has 1 aromatic rings. The Hall–Kier alpha value is -0.900. The number of carbonyl (C=O) groups is 1. The standard InChI is InChI=1S/C10H10F2OS/c1-2-14-10(11,12)9(13)8-6-4-3-5-7-8/h3-7H,2H2,1H3. The monoisotopic (exact) mass is 216 g/mol. The largest absolute Gasteiger partial charge is 0.355 e. The van der Waals surface area contributed by atoms with Crippen molar-refractivity contribution in [3.8, 4) is 0 Å². The van der Waals surface area contributed by atoms with Crippen molar-refractivity contribution in [3.05, 3.63) is 35.9 Å². The van der Waals surface area contributed by atoms with Crippen LogP contribution >= 0.6 is 11.8 Å². The van der Waals surface area contributed by atoms with E-state index in [1.165, 1.54) is 12.1 Å². The van der Waals surface area contributed by atoms with Gasteiger partial charge in [0.05, 0.1) is 0 Å². The summed E-state index contributed by atoms with van der Waals surface area (Å²) in [4.78, 5) is 11.3. The predicted octanol–water partition coefficient (Wildman–Crippen LogP) is 3.22. The Morgan fingerprint density at radius 1 is 1.36 bits per heavy atom. The van der Waals surface area contributed by atoms with Crippen LogP contribution in [-0.2, 0) is 0 Å². The third-order valence-electron chi connectivity index (χ3n) is 1.63. The van der Waals surface area contributed by atoms with E-state index in [2.05, 4.69) is 0 Å². The van der Waals surface area contributed by atoms with Crippen molar-refractivity contribution >= 4 is 17.5 Å². The van der Waals surface area contributed by atoms with Crippen LogP contribution in [0.3, 0.4) is 0 Å². The normalized spacial score (nSPS) is 11.4. The molecular weight excluding hydrogens is 206 g/mol. The van der Waals surface area contributed by atoms with E-state index in [-0.39, 0.29) is 11.3 Å². The maximum atomic E-state index is 13.1. The summed E-state index contributed by atoms with van der Waals surface area (Å²) in [5.74, 6) is -0.907. The molecule has 0 amide bonds. The number of ketones is 1. The van der Waals surface area contributed by atoms with Crippen molar-refractivity contribution in [1.29, 1.82) is 0 Å². The van der Waals surface area contributed by atoms with E-state index in [1.807, 2.05) is 0 Å². The summed E-state index contributed by atoms with van der Waals surface area (Å²) in [5.41, 5.74) is 0.0541. The lowest BCUT2D eigenvalue weighted by atomic mass is 10.1. The molecule has 0 spiro atoms. The Balaban J connectivity index is 2.85. The third kappa shape index (κ3) is 2.54. The van der Waals surface area contributed by atoms with Crippen LogP contribution in [0.25, 0.3) is 0 Å². The Kier molecular flexibility index (Phi) is 3.63. The molecule has 0 aliphatic rings. The minimum Gasteiger partial charge on any atom is -0.286 e. The number of hydrogen-bond donors (Lipinski definition) is 0. The molecule has 0 heterocycles. The first-order valence-corrected chi connectivity index (χ1v) is 5.18. The van der Waals surface area contributed by atoms with Gasteiger partial charge in [-0.2, -0.15) is 8.78 Å². The molecule has 14 heavy (non-hydrogen) atoms. The zero-order valence-electron chi connectivity index (χ0n) is 7.67. The van der Waals surface area contributed by atoms with Gasteiger partial charge >= 0.3 is 5.25 Å². The highest BCUT2D eigenvalue weighted by atomic mass is 32.2. The van der Waals surface area contributed by atoms with Crippen molar-refractivity contribution in [2.75, 3.05) is 5.75 Å². The van der Waals surface area contributed by atoms with Gasteiger partial charge in [-0.3, -0.25) is 4.79 Å². The molecule has 0 fully saturated rings. The fourth-order valence-corrected chi connectivity index (χ4v) is 1.62. The van der Waals surface area contributed by atoms with Crippen LogP contribution in [0.4, 0.5) is 8.78 Å². The Labute approximate surface area is 85.5 Å². The molecule has 0 aliphatic heterocycles.